The number of carbonyl (C=O) groups excluding carboxylic acids is 1. The van der Waals surface area contributed by atoms with E-state index in [2.05, 4.69) is 23.2 Å². The van der Waals surface area contributed by atoms with Crippen LogP contribution in [0, 0.1) is 0 Å². The van der Waals surface area contributed by atoms with Gasteiger partial charge in [0.05, 0.1) is 0 Å². The summed E-state index contributed by atoms with van der Waals surface area (Å²) in [7, 11) is 0. The van der Waals surface area contributed by atoms with Gasteiger partial charge in [-0.1, -0.05) is 0 Å². The molecule has 0 radical (unpaired) electrons. The fourth-order valence-electron chi connectivity index (χ4n) is 0.743. The van der Waals surface area contributed by atoms with E-state index in [9.17, 15) is 4.79 Å². The molecule has 0 spiro atoms. The van der Waals surface area contributed by atoms with Crippen LogP contribution in [0.15, 0.2) is 0 Å². The third-order valence-electron chi connectivity index (χ3n) is 1.37. The summed E-state index contributed by atoms with van der Waals surface area (Å²) in [5.41, 5.74) is 0. The van der Waals surface area contributed by atoms with Crippen LogP contribution in [0.2, 0.25) is 4.78 Å². The van der Waals surface area contributed by atoms with Gasteiger partial charge in [0.15, 0.2) is 0 Å². The minimum atomic E-state index is -0.110. The van der Waals surface area contributed by atoms with Gasteiger partial charge in [-0.15, -0.1) is 0 Å². The topological polar surface area (TPSA) is 26.3 Å². The van der Waals surface area contributed by atoms with Crippen LogP contribution >= 0.6 is 0 Å². The van der Waals surface area contributed by atoms with Gasteiger partial charge < -0.3 is 0 Å². The van der Waals surface area contributed by atoms with Gasteiger partial charge in [-0.3, -0.25) is 0 Å². The number of carbonyl (C=O) groups is 1. The zero-order chi connectivity index (χ0) is 8.69. The second-order valence-electron chi connectivity index (χ2n) is 2.38. The van der Waals surface area contributed by atoms with E-state index in [1.165, 1.54) is 0 Å². The second-order valence-corrected chi connectivity index (χ2v) is 3.27. The molecular formula is C8H15CrO2. The molecule has 2 nitrogen and oxygen atoms in total. The Kier molecular flexibility index (Phi) is 6.70. The molecule has 0 rings (SSSR count). The molecule has 0 aliphatic rings. The molecule has 0 aromatic carbocycles. The maximum absolute atomic E-state index is 11.0. The fraction of sp³-hybridized carbons (Fsp3) is 0.875. The Bertz CT molecular complexity index is 115. The van der Waals surface area contributed by atoms with Gasteiger partial charge in [-0.25, -0.2) is 0 Å². The van der Waals surface area contributed by atoms with Crippen molar-refractivity contribution in [3.05, 3.63) is 0 Å². The van der Waals surface area contributed by atoms with Gasteiger partial charge in [0, 0.05) is 0 Å². The Hall–Kier alpha value is 0.00247. The SMILES string of the molecule is CCCC[CH]([Cr])C(=O)OCC. The molecule has 0 bridgehead atoms. The number of rotatable bonds is 5. The fourth-order valence-corrected chi connectivity index (χ4v) is 1.11. The average Bonchev–Trinajstić information content (AvgIpc) is 2.00. The molecule has 0 aromatic rings. The molecule has 65 valence electrons. The van der Waals surface area contributed by atoms with Gasteiger partial charge in [0.2, 0.25) is 0 Å². The molecule has 0 aliphatic carbocycles. The number of ether oxygens (including phenoxy) is 1. The molecule has 1 atom stereocenters. The van der Waals surface area contributed by atoms with Crippen LogP contribution < -0.4 is 0 Å². The van der Waals surface area contributed by atoms with Crippen LogP contribution in [0.5, 0.6) is 0 Å². The van der Waals surface area contributed by atoms with E-state index < -0.39 is 0 Å². The summed E-state index contributed by atoms with van der Waals surface area (Å²) >= 11 is 2.82. The third kappa shape index (κ3) is 5.29. The zero-order valence-electron chi connectivity index (χ0n) is 7.13. The molecule has 0 N–H and O–H groups in total. The van der Waals surface area contributed by atoms with Crippen LogP contribution in [-0.4, -0.2) is 12.6 Å². The van der Waals surface area contributed by atoms with Gasteiger partial charge in [-0.05, 0) is 0 Å². The van der Waals surface area contributed by atoms with Crippen molar-refractivity contribution in [2.24, 2.45) is 0 Å². The number of unbranched alkanes of at least 4 members (excludes halogenated alkanes) is 1. The monoisotopic (exact) mass is 195 g/mol. The second kappa shape index (κ2) is 6.70. The van der Waals surface area contributed by atoms with Crippen molar-refractivity contribution in [3.8, 4) is 0 Å². The van der Waals surface area contributed by atoms with Gasteiger partial charge in [0.1, 0.15) is 0 Å². The third-order valence-corrected chi connectivity index (χ3v) is 2.04. The molecule has 0 saturated carbocycles. The van der Waals surface area contributed by atoms with Crippen LogP contribution in [0.25, 0.3) is 0 Å². The van der Waals surface area contributed by atoms with Crippen molar-refractivity contribution in [1.29, 1.82) is 0 Å². The minimum absolute atomic E-state index is 0.0464. The molecule has 0 amide bonds. The van der Waals surface area contributed by atoms with Crippen LogP contribution in [0.4, 0.5) is 0 Å². The Morgan fingerprint density at radius 1 is 1.55 bits per heavy atom. The maximum atomic E-state index is 11.0. The first-order valence-corrected chi connectivity index (χ1v) is 4.78. The Labute approximate surface area is 76.7 Å². The molecule has 0 aromatic heterocycles. The predicted octanol–water partition coefficient (Wildman–Crippen LogP) is 2.08. The average molecular weight is 195 g/mol. The standard InChI is InChI=1S/C8H15O2.Cr/c1-3-5-6-7-8(9)10-4-2;/h7H,3-6H2,1-2H3;. The van der Waals surface area contributed by atoms with Gasteiger partial charge >= 0.3 is 76.3 Å². The van der Waals surface area contributed by atoms with Crippen LogP contribution in [0.3, 0.4) is 0 Å². The molecule has 0 saturated heterocycles. The van der Waals surface area contributed by atoms with E-state index in [0.717, 1.165) is 19.3 Å². The van der Waals surface area contributed by atoms with Crippen molar-refractivity contribution >= 4 is 5.97 Å². The van der Waals surface area contributed by atoms with E-state index in [-0.39, 0.29) is 10.7 Å². The van der Waals surface area contributed by atoms with E-state index in [4.69, 9.17) is 4.74 Å². The summed E-state index contributed by atoms with van der Waals surface area (Å²) in [6.07, 6.45) is 3.10. The predicted molar refractivity (Wildman–Crippen MR) is 39.9 cm³/mol. The van der Waals surface area contributed by atoms with E-state index in [0.29, 0.717) is 6.61 Å². The molecule has 11 heavy (non-hydrogen) atoms. The van der Waals surface area contributed by atoms with Crippen molar-refractivity contribution in [1.82, 2.24) is 0 Å². The number of hydrogen-bond donors (Lipinski definition) is 0. The summed E-state index contributed by atoms with van der Waals surface area (Å²) in [5, 5.41) is 0. The molecular weight excluding hydrogens is 180 g/mol. The summed E-state index contributed by atoms with van der Waals surface area (Å²) in [6.45, 7) is 4.41. The summed E-state index contributed by atoms with van der Waals surface area (Å²) in [6, 6.07) is 0. The van der Waals surface area contributed by atoms with Crippen molar-refractivity contribution in [2.45, 2.75) is 37.9 Å². The Balaban J connectivity index is 3.46. The first kappa shape index (κ1) is 11.0. The van der Waals surface area contributed by atoms with Crippen LogP contribution in [0.1, 0.15) is 33.1 Å². The molecule has 0 fully saturated rings. The molecule has 0 heterocycles. The normalized spacial score (nSPS) is 12.5. The first-order valence-electron chi connectivity index (χ1n) is 4.04. The van der Waals surface area contributed by atoms with Crippen molar-refractivity contribution in [3.63, 3.8) is 0 Å². The molecule has 0 aliphatic heterocycles. The van der Waals surface area contributed by atoms with E-state index >= 15 is 0 Å². The Morgan fingerprint density at radius 3 is 2.64 bits per heavy atom. The zero-order valence-corrected chi connectivity index (χ0v) is 8.41. The van der Waals surface area contributed by atoms with Crippen LogP contribution in [-0.2, 0) is 25.8 Å². The van der Waals surface area contributed by atoms with E-state index in [1.54, 1.807) is 0 Å². The number of esters is 1. The number of hydrogen-bond acceptors (Lipinski definition) is 2. The van der Waals surface area contributed by atoms with Crippen molar-refractivity contribution < 1.29 is 25.8 Å². The first-order chi connectivity index (χ1) is 5.22. The van der Waals surface area contributed by atoms with Crippen molar-refractivity contribution in [2.75, 3.05) is 6.61 Å². The summed E-state index contributed by atoms with van der Waals surface area (Å²) < 4.78 is 4.78. The van der Waals surface area contributed by atoms with Gasteiger partial charge in [-0.2, -0.15) is 0 Å². The molecule has 3 heteroatoms. The van der Waals surface area contributed by atoms with Gasteiger partial charge in [0.25, 0.3) is 0 Å². The summed E-state index contributed by atoms with van der Waals surface area (Å²) in [4.78, 5) is 11.0. The quantitative estimate of drug-likeness (QED) is 0.628. The summed E-state index contributed by atoms with van der Waals surface area (Å²) in [5.74, 6) is -0.110. The van der Waals surface area contributed by atoms with E-state index in [1.807, 2.05) is 6.92 Å². The molecule has 1 unspecified atom stereocenters. The Morgan fingerprint density at radius 2 is 2.18 bits per heavy atom.